The van der Waals surface area contributed by atoms with Crippen LogP contribution < -0.4 is 0 Å². The maximum Gasteiger partial charge on any atom is 0.129 e. The molecule has 68 valence electrons. The normalized spacial score (nSPS) is 11.9. The number of halogens is 2. The quantitative estimate of drug-likeness (QED) is 0.444. The number of isothiocyanates is 1. The highest BCUT2D eigenvalue weighted by Crippen LogP contribution is 2.26. The van der Waals surface area contributed by atoms with Crippen molar-refractivity contribution in [3.05, 3.63) is 29.6 Å². The van der Waals surface area contributed by atoms with E-state index in [-0.39, 0.29) is 10.6 Å². The summed E-state index contributed by atoms with van der Waals surface area (Å²) in [5.74, 6) is -0.282. The number of nitrogens with zero attached hydrogens (tertiary/aromatic N) is 1. The summed E-state index contributed by atoms with van der Waals surface area (Å²) in [6.07, 6.45) is 0. The summed E-state index contributed by atoms with van der Waals surface area (Å²) < 4.78 is 13.3. The van der Waals surface area contributed by atoms with Gasteiger partial charge in [-0.05, 0) is 25.2 Å². The number of benzene rings is 1. The van der Waals surface area contributed by atoms with Gasteiger partial charge in [0.25, 0.3) is 0 Å². The molecule has 4 heteroatoms. The van der Waals surface area contributed by atoms with Gasteiger partial charge in [0.2, 0.25) is 0 Å². The van der Waals surface area contributed by atoms with Gasteiger partial charge < -0.3 is 0 Å². The third-order valence-electron chi connectivity index (χ3n) is 1.59. The van der Waals surface area contributed by atoms with Crippen LogP contribution in [0.5, 0.6) is 0 Å². The molecule has 1 aromatic carbocycles. The molecule has 13 heavy (non-hydrogen) atoms. The summed E-state index contributed by atoms with van der Waals surface area (Å²) in [5.41, 5.74) is 1.10. The van der Waals surface area contributed by atoms with E-state index in [1.807, 2.05) is 6.92 Å². The molecule has 0 aliphatic rings. The summed E-state index contributed by atoms with van der Waals surface area (Å²) in [6, 6.07) is 4.72. The zero-order chi connectivity index (χ0) is 9.84. The number of hydrogen-bond acceptors (Lipinski definition) is 2. The Morgan fingerprint density at radius 3 is 2.77 bits per heavy atom. The zero-order valence-electron chi connectivity index (χ0n) is 6.92. The van der Waals surface area contributed by atoms with E-state index in [2.05, 4.69) is 38.3 Å². The van der Waals surface area contributed by atoms with Gasteiger partial charge in [-0.25, -0.2) is 4.39 Å². The van der Waals surface area contributed by atoms with Crippen LogP contribution in [0.25, 0.3) is 0 Å². The predicted molar refractivity (Wildman–Crippen MR) is 58.4 cm³/mol. The summed E-state index contributed by atoms with van der Waals surface area (Å²) in [5, 5.41) is 2.19. The third-order valence-corrected chi connectivity index (χ3v) is 2.17. The highest BCUT2D eigenvalue weighted by atomic mass is 79.9. The number of aliphatic imine (C=N–C) groups is 1. The van der Waals surface area contributed by atoms with Crippen molar-refractivity contribution in [2.75, 3.05) is 0 Å². The molecule has 1 unspecified atom stereocenters. The van der Waals surface area contributed by atoms with Crippen LogP contribution in [-0.4, -0.2) is 5.16 Å². The Bertz CT molecular complexity index is 359. The summed E-state index contributed by atoms with van der Waals surface area (Å²) >= 11 is 7.70. The van der Waals surface area contributed by atoms with E-state index < -0.39 is 0 Å². The van der Waals surface area contributed by atoms with Crippen molar-refractivity contribution >= 4 is 39.0 Å². The van der Waals surface area contributed by atoms with Crippen molar-refractivity contribution in [1.82, 2.24) is 0 Å². The summed E-state index contributed by atoms with van der Waals surface area (Å²) in [4.78, 5) is 3.68. The molecular weight excluding hydrogens is 253 g/mol. The Morgan fingerprint density at radius 1 is 1.62 bits per heavy atom. The first-order valence-electron chi connectivity index (χ1n) is 3.66. The van der Waals surface area contributed by atoms with Gasteiger partial charge in [-0.3, -0.25) is 0 Å². The van der Waals surface area contributed by atoms with Crippen LogP contribution in [0.3, 0.4) is 0 Å². The van der Waals surface area contributed by atoms with Gasteiger partial charge >= 0.3 is 0 Å². The zero-order valence-corrected chi connectivity index (χ0v) is 9.32. The molecule has 1 aromatic rings. The van der Waals surface area contributed by atoms with Crippen molar-refractivity contribution in [2.45, 2.75) is 11.8 Å². The van der Waals surface area contributed by atoms with Crippen LogP contribution in [-0.2, 0) is 0 Å². The molecule has 0 radical (unpaired) electrons. The van der Waals surface area contributed by atoms with Crippen molar-refractivity contribution in [1.29, 1.82) is 0 Å². The minimum Gasteiger partial charge on any atom is -0.207 e. The van der Waals surface area contributed by atoms with Gasteiger partial charge in [-0.1, -0.05) is 22.0 Å². The Hall–Kier alpha value is -0.570. The number of rotatable bonds is 2. The molecular formula is C9H7BrFNS. The second-order valence-electron chi connectivity index (χ2n) is 2.52. The maximum atomic E-state index is 13.3. The monoisotopic (exact) mass is 259 g/mol. The van der Waals surface area contributed by atoms with E-state index in [4.69, 9.17) is 0 Å². The first-order valence-corrected chi connectivity index (χ1v) is 4.99. The molecule has 0 fully saturated rings. The van der Waals surface area contributed by atoms with Crippen LogP contribution in [0.2, 0.25) is 0 Å². The molecule has 0 saturated heterocycles. The Balaban J connectivity index is 3.12. The molecule has 0 N–H and O–H groups in total. The van der Waals surface area contributed by atoms with E-state index in [1.165, 1.54) is 6.07 Å². The smallest absolute Gasteiger partial charge is 0.129 e. The van der Waals surface area contributed by atoms with Crippen molar-refractivity contribution in [2.24, 2.45) is 4.99 Å². The first-order chi connectivity index (χ1) is 6.15. The van der Waals surface area contributed by atoms with Crippen LogP contribution in [0.1, 0.15) is 17.3 Å². The van der Waals surface area contributed by atoms with E-state index >= 15 is 0 Å². The third kappa shape index (κ3) is 2.69. The average Bonchev–Trinajstić information content (AvgIpc) is 2.04. The van der Waals surface area contributed by atoms with Crippen LogP contribution in [0.4, 0.5) is 10.1 Å². The molecule has 1 atom stereocenters. The molecule has 0 aliphatic heterocycles. The lowest BCUT2D eigenvalue weighted by molar-refractivity contribution is 0.612. The second kappa shape index (κ2) is 4.61. The highest BCUT2D eigenvalue weighted by molar-refractivity contribution is 9.09. The Morgan fingerprint density at radius 2 is 2.31 bits per heavy atom. The van der Waals surface area contributed by atoms with E-state index in [9.17, 15) is 4.39 Å². The topological polar surface area (TPSA) is 12.4 Å². The van der Waals surface area contributed by atoms with Gasteiger partial charge in [0.15, 0.2) is 0 Å². The fraction of sp³-hybridized carbons (Fsp3) is 0.222. The SMILES string of the molecule is CC(Br)c1ccc(N=C=S)cc1F. The fourth-order valence-electron chi connectivity index (χ4n) is 0.961. The maximum absolute atomic E-state index is 13.3. The number of hydrogen-bond donors (Lipinski definition) is 0. The van der Waals surface area contributed by atoms with Crippen molar-refractivity contribution < 1.29 is 4.39 Å². The highest BCUT2D eigenvalue weighted by Gasteiger charge is 2.07. The molecule has 0 bridgehead atoms. The average molecular weight is 260 g/mol. The first kappa shape index (κ1) is 10.5. The van der Waals surface area contributed by atoms with Gasteiger partial charge in [-0.15, -0.1) is 0 Å². The van der Waals surface area contributed by atoms with Crippen LogP contribution >= 0.6 is 28.1 Å². The molecule has 0 heterocycles. The summed E-state index contributed by atoms with van der Waals surface area (Å²) in [7, 11) is 0. The minimum atomic E-state index is -0.282. The largest absolute Gasteiger partial charge is 0.207 e. The molecule has 0 saturated carbocycles. The van der Waals surface area contributed by atoms with Gasteiger partial charge in [-0.2, -0.15) is 4.99 Å². The van der Waals surface area contributed by atoms with Gasteiger partial charge in [0, 0.05) is 16.5 Å². The Kier molecular flexibility index (Phi) is 3.72. The van der Waals surface area contributed by atoms with Gasteiger partial charge in [0.05, 0.1) is 10.8 Å². The number of alkyl halides is 1. The van der Waals surface area contributed by atoms with E-state index in [0.29, 0.717) is 11.3 Å². The molecule has 0 aliphatic carbocycles. The predicted octanol–water partition coefficient (Wildman–Crippen LogP) is 4.02. The van der Waals surface area contributed by atoms with Crippen molar-refractivity contribution in [3.63, 3.8) is 0 Å². The second-order valence-corrected chi connectivity index (χ2v) is 4.08. The fourth-order valence-corrected chi connectivity index (χ4v) is 1.44. The molecule has 1 rings (SSSR count). The molecule has 0 spiro atoms. The lowest BCUT2D eigenvalue weighted by Crippen LogP contribution is -1.88. The standard InChI is InChI=1S/C9H7BrFNS/c1-6(10)8-3-2-7(12-5-13)4-9(8)11/h2-4,6H,1H3. The lowest BCUT2D eigenvalue weighted by atomic mass is 10.1. The van der Waals surface area contributed by atoms with Gasteiger partial charge in [0.1, 0.15) is 5.82 Å². The van der Waals surface area contributed by atoms with E-state index in [1.54, 1.807) is 12.1 Å². The van der Waals surface area contributed by atoms with Crippen molar-refractivity contribution in [3.8, 4) is 0 Å². The van der Waals surface area contributed by atoms with Crippen LogP contribution in [0, 0.1) is 5.82 Å². The minimum absolute atomic E-state index is 0.00184. The molecule has 0 aromatic heterocycles. The summed E-state index contributed by atoms with van der Waals surface area (Å²) in [6.45, 7) is 1.86. The molecule has 0 amide bonds. The number of thiocarbonyl (C=S) groups is 1. The van der Waals surface area contributed by atoms with E-state index in [0.717, 1.165) is 0 Å². The molecule has 1 nitrogen and oxygen atoms in total. The van der Waals surface area contributed by atoms with Crippen LogP contribution in [0.15, 0.2) is 23.2 Å². The Labute approximate surface area is 89.8 Å². The lowest BCUT2D eigenvalue weighted by Gasteiger charge is -2.04.